The molecule has 108 valence electrons. The highest BCUT2D eigenvalue weighted by atomic mass is 19.4. The molecule has 2 unspecified atom stereocenters. The van der Waals surface area contributed by atoms with Crippen LogP contribution in [0.15, 0.2) is 12.7 Å². The molecule has 0 spiro atoms. The van der Waals surface area contributed by atoms with Gasteiger partial charge in [0.05, 0.1) is 5.92 Å². The molecule has 0 bridgehead atoms. The van der Waals surface area contributed by atoms with Crippen molar-refractivity contribution >= 4 is 12.1 Å². The maximum Gasteiger partial charge on any atom is 0.410 e. The summed E-state index contributed by atoms with van der Waals surface area (Å²) in [6, 6.07) is -1.52. The Bertz CT molecular complexity index is 369. The monoisotopic (exact) mass is 281 g/mol. The van der Waals surface area contributed by atoms with Gasteiger partial charge in [-0.1, -0.05) is 12.7 Å². The summed E-state index contributed by atoms with van der Waals surface area (Å²) in [5.74, 6) is -3.18. The number of nitrogens with zero attached hydrogens (tertiary/aromatic N) is 1. The average Bonchev–Trinajstić information content (AvgIpc) is 2.34. The fourth-order valence-electron chi connectivity index (χ4n) is 1.93. The summed E-state index contributed by atoms with van der Waals surface area (Å²) in [6.45, 7) is 2.90. The van der Waals surface area contributed by atoms with E-state index in [2.05, 4.69) is 11.3 Å². The fourth-order valence-corrected chi connectivity index (χ4v) is 1.93. The molecule has 19 heavy (non-hydrogen) atoms. The number of likely N-dealkylation sites (tertiary alicyclic amines) is 1. The van der Waals surface area contributed by atoms with Crippen LogP contribution in [0.25, 0.3) is 0 Å². The Balaban J connectivity index is 2.77. The van der Waals surface area contributed by atoms with Crippen molar-refractivity contribution in [3.05, 3.63) is 12.7 Å². The van der Waals surface area contributed by atoms with Gasteiger partial charge < -0.3 is 9.84 Å². The zero-order chi connectivity index (χ0) is 14.6. The van der Waals surface area contributed by atoms with E-state index in [0.717, 1.165) is 4.90 Å². The summed E-state index contributed by atoms with van der Waals surface area (Å²) in [6.07, 6.45) is -5.08. The van der Waals surface area contributed by atoms with E-state index in [9.17, 15) is 22.8 Å². The van der Waals surface area contributed by atoms with Crippen LogP contribution in [0.4, 0.5) is 18.0 Å². The second-order valence-corrected chi connectivity index (χ2v) is 4.18. The van der Waals surface area contributed by atoms with E-state index < -0.39 is 36.6 Å². The normalized spacial score (nSPS) is 23.8. The smallest absolute Gasteiger partial charge is 0.410 e. The third-order valence-corrected chi connectivity index (χ3v) is 2.91. The molecule has 1 rings (SSSR count). The Morgan fingerprint density at radius 2 is 2.11 bits per heavy atom. The molecule has 0 radical (unpaired) electrons. The zero-order valence-electron chi connectivity index (χ0n) is 10.0. The highest BCUT2D eigenvalue weighted by Crippen LogP contribution is 2.36. The molecule has 1 aliphatic rings. The van der Waals surface area contributed by atoms with Gasteiger partial charge in [-0.05, 0) is 12.8 Å². The Morgan fingerprint density at radius 3 is 2.58 bits per heavy atom. The van der Waals surface area contributed by atoms with E-state index in [-0.39, 0.29) is 19.6 Å². The van der Waals surface area contributed by atoms with E-state index >= 15 is 0 Å². The first-order valence-corrected chi connectivity index (χ1v) is 5.61. The minimum Gasteiger partial charge on any atom is -0.480 e. The summed E-state index contributed by atoms with van der Waals surface area (Å²) in [5, 5.41) is 8.93. The first-order valence-electron chi connectivity index (χ1n) is 5.61. The molecule has 5 nitrogen and oxygen atoms in total. The van der Waals surface area contributed by atoms with Crippen LogP contribution in [-0.4, -0.2) is 47.4 Å². The molecule has 1 saturated heterocycles. The van der Waals surface area contributed by atoms with Crippen LogP contribution in [0, 0.1) is 5.92 Å². The molecule has 1 heterocycles. The van der Waals surface area contributed by atoms with Crippen molar-refractivity contribution in [3.63, 3.8) is 0 Å². The van der Waals surface area contributed by atoms with Crippen molar-refractivity contribution in [1.82, 2.24) is 4.90 Å². The summed E-state index contributed by atoms with van der Waals surface area (Å²) < 4.78 is 42.4. The molecule has 8 heteroatoms. The van der Waals surface area contributed by atoms with E-state index in [1.165, 1.54) is 6.08 Å². The van der Waals surface area contributed by atoms with Crippen LogP contribution >= 0.6 is 0 Å². The first kappa shape index (κ1) is 15.3. The number of carbonyl (C=O) groups excluding carboxylic acids is 1. The highest BCUT2D eigenvalue weighted by molar-refractivity contribution is 5.80. The number of halogens is 3. The van der Waals surface area contributed by atoms with Crippen molar-refractivity contribution in [3.8, 4) is 0 Å². The lowest BCUT2D eigenvalue weighted by atomic mass is 9.90. The molecule has 0 aromatic rings. The van der Waals surface area contributed by atoms with Crippen molar-refractivity contribution in [2.24, 2.45) is 5.92 Å². The largest absolute Gasteiger partial charge is 0.480 e. The number of carboxylic acid groups (broad SMARTS) is 1. The second-order valence-electron chi connectivity index (χ2n) is 4.18. The van der Waals surface area contributed by atoms with E-state index in [1.807, 2.05) is 0 Å². The van der Waals surface area contributed by atoms with E-state index in [1.54, 1.807) is 0 Å². The van der Waals surface area contributed by atoms with Gasteiger partial charge in [0, 0.05) is 6.54 Å². The van der Waals surface area contributed by atoms with Crippen molar-refractivity contribution in [2.75, 3.05) is 13.2 Å². The third-order valence-electron chi connectivity index (χ3n) is 2.91. The number of alkyl halides is 3. The van der Waals surface area contributed by atoms with Crippen molar-refractivity contribution in [2.45, 2.75) is 25.1 Å². The minimum atomic E-state index is -4.45. The maximum atomic E-state index is 12.6. The molecular weight excluding hydrogens is 267 g/mol. The SMILES string of the molecule is C=CCOC(=O)N1CCC(C(F)(F)F)CC1C(=O)O. The van der Waals surface area contributed by atoms with E-state index in [0.29, 0.717) is 0 Å². The number of amides is 1. The van der Waals surface area contributed by atoms with E-state index in [4.69, 9.17) is 5.11 Å². The minimum absolute atomic E-state index is 0.121. The predicted octanol–water partition coefficient (Wildman–Crippen LogP) is 2.04. The summed E-state index contributed by atoms with van der Waals surface area (Å²) in [7, 11) is 0. The number of piperidine rings is 1. The van der Waals surface area contributed by atoms with Gasteiger partial charge in [-0.2, -0.15) is 13.2 Å². The zero-order valence-corrected chi connectivity index (χ0v) is 10.0. The van der Waals surface area contributed by atoms with Gasteiger partial charge in [-0.25, -0.2) is 9.59 Å². The molecule has 1 fully saturated rings. The molecule has 0 aliphatic carbocycles. The van der Waals surface area contributed by atoms with Gasteiger partial charge in [0.1, 0.15) is 12.6 Å². The molecule has 1 amide bonds. The Labute approximate surface area is 107 Å². The predicted molar refractivity (Wildman–Crippen MR) is 58.5 cm³/mol. The van der Waals surface area contributed by atoms with Crippen LogP contribution in [0.1, 0.15) is 12.8 Å². The molecular formula is C11H14F3NO4. The summed E-state index contributed by atoms with van der Waals surface area (Å²) in [4.78, 5) is 23.3. The first-order chi connectivity index (χ1) is 8.77. The quantitative estimate of drug-likeness (QED) is 0.804. The Kier molecular flexibility index (Phi) is 4.79. The van der Waals surface area contributed by atoms with Gasteiger partial charge in [0.25, 0.3) is 0 Å². The lowest BCUT2D eigenvalue weighted by Crippen LogP contribution is -2.52. The van der Waals surface area contributed by atoms with Crippen LogP contribution in [0.2, 0.25) is 0 Å². The number of rotatable bonds is 3. The molecule has 1 aliphatic heterocycles. The number of hydrogen-bond acceptors (Lipinski definition) is 3. The molecule has 0 saturated carbocycles. The highest BCUT2D eigenvalue weighted by Gasteiger charge is 2.47. The lowest BCUT2D eigenvalue weighted by molar-refractivity contribution is -0.191. The topological polar surface area (TPSA) is 66.8 Å². The van der Waals surface area contributed by atoms with Crippen LogP contribution in [-0.2, 0) is 9.53 Å². The summed E-state index contributed by atoms with van der Waals surface area (Å²) >= 11 is 0. The number of carboxylic acids is 1. The number of ether oxygens (including phenoxy) is 1. The van der Waals surface area contributed by atoms with Gasteiger partial charge in [0.2, 0.25) is 0 Å². The third kappa shape index (κ3) is 3.87. The lowest BCUT2D eigenvalue weighted by Gasteiger charge is -2.36. The average molecular weight is 281 g/mol. The fraction of sp³-hybridized carbons (Fsp3) is 0.636. The van der Waals surface area contributed by atoms with Crippen LogP contribution in [0.3, 0.4) is 0 Å². The van der Waals surface area contributed by atoms with Gasteiger partial charge in [-0.15, -0.1) is 0 Å². The number of aliphatic carboxylic acids is 1. The molecule has 1 N–H and O–H groups in total. The molecule has 0 aromatic carbocycles. The standard InChI is InChI=1S/C11H14F3NO4/c1-2-5-19-10(18)15-4-3-7(11(12,13)14)6-8(15)9(16)17/h2,7-8H,1,3-6H2,(H,16,17). The van der Waals surface area contributed by atoms with Gasteiger partial charge in [-0.3, -0.25) is 4.90 Å². The van der Waals surface area contributed by atoms with Gasteiger partial charge >= 0.3 is 18.2 Å². The Morgan fingerprint density at radius 1 is 1.47 bits per heavy atom. The molecule has 2 atom stereocenters. The Hall–Kier alpha value is -1.73. The van der Waals surface area contributed by atoms with Crippen molar-refractivity contribution < 1.29 is 32.6 Å². The molecule has 0 aromatic heterocycles. The van der Waals surface area contributed by atoms with Crippen LogP contribution in [0.5, 0.6) is 0 Å². The second kappa shape index (κ2) is 5.94. The van der Waals surface area contributed by atoms with Gasteiger partial charge in [0.15, 0.2) is 0 Å². The number of hydrogen-bond donors (Lipinski definition) is 1. The number of carbonyl (C=O) groups is 2. The van der Waals surface area contributed by atoms with Crippen LogP contribution < -0.4 is 0 Å². The maximum absolute atomic E-state index is 12.6. The summed E-state index contributed by atoms with van der Waals surface area (Å²) in [5.41, 5.74) is 0. The van der Waals surface area contributed by atoms with Crippen molar-refractivity contribution in [1.29, 1.82) is 0 Å².